The minimum Gasteiger partial charge on any atom is -0.355 e. The van der Waals surface area contributed by atoms with E-state index in [9.17, 15) is 46.3 Å². The molecule has 4 aromatic carbocycles. The van der Waals surface area contributed by atoms with Crippen LogP contribution in [0.4, 0.5) is 17.6 Å². The Kier molecular flexibility index (Phi) is 16.2. The van der Waals surface area contributed by atoms with Crippen LogP contribution in [0.3, 0.4) is 0 Å². The van der Waals surface area contributed by atoms with Gasteiger partial charge in [-0.25, -0.2) is 17.6 Å². The molecule has 12 nitrogen and oxygen atoms in total. The normalized spacial score (nSPS) is 17.8. The van der Waals surface area contributed by atoms with E-state index >= 15 is 0 Å². The van der Waals surface area contributed by atoms with Crippen molar-refractivity contribution in [2.75, 3.05) is 52.4 Å². The third kappa shape index (κ3) is 13.2. The summed E-state index contributed by atoms with van der Waals surface area (Å²) in [6, 6.07) is 23.2. The molecule has 0 spiro atoms. The number of carbonyl (C=O) groups excluding carboxylic acids is 6. The van der Waals surface area contributed by atoms with Gasteiger partial charge < -0.3 is 31.1 Å². The summed E-state index contributed by atoms with van der Waals surface area (Å²) >= 11 is 0. The predicted octanol–water partition coefficient (Wildman–Crippen LogP) is 3.13. The lowest BCUT2D eigenvalue weighted by molar-refractivity contribution is -0.132. The minimum absolute atomic E-state index is 0.176. The van der Waals surface area contributed by atoms with Crippen LogP contribution in [0.1, 0.15) is 22.3 Å². The van der Waals surface area contributed by atoms with Crippen LogP contribution in [-0.4, -0.2) is 97.6 Å². The Morgan fingerprint density at radius 2 is 0.594 bits per heavy atom. The summed E-state index contributed by atoms with van der Waals surface area (Å²) in [7, 11) is 0. The molecule has 2 saturated heterocycles. The molecular weight excluding hydrogens is 833 g/mol. The average molecular weight is 881 g/mol. The highest BCUT2D eigenvalue weighted by Crippen LogP contribution is 2.26. The lowest BCUT2D eigenvalue weighted by Gasteiger charge is -2.17. The molecule has 64 heavy (non-hydrogen) atoms. The van der Waals surface area contributed by atoms with Crippen LogP contribution in [0.15, 0.2) is 97.1 Å². The van der Waals surface area contributed by atoms with E-state index in [1.807, 2.05) is 0 Å². The number of halogens is 4. The first-order chi connectivity index (χ1) is 30.8. The summed E-state index contributed by atoms with van der Waals surface area (Å²) in [6.45, 7) is 0.0106. The van der Waals surface area contributed by atoms with Gasteiger partial charge in [0, 0.05) is 64.2 Å². The highest BCUT2D eigenvalue weighted by Gasteiger charge is 2.44. The fourth-order valence-electron chi connectivity index (χ4n) is 7.72. The molecule has 2 fully saturated rings. The largest absolute Gasteiger partial charge is 0.355 e. The molecule has 6 amide bonds. The molecular formula is C48H48F4N6O6. The second kappa shape index (κ2) is 22.4. The summed E-state index contributed by atoms with van der Waals surface area (Å²) in [6.07, 6.45) is 1.54. The van der Waals surface area contributed by atoms with Crippen LogP contribution in [-0.2, 0) is 54.5 Å². The van der Waals surface area contributed by atoms with Crippen LogP contribution < -0.4 is 21.3 Å². The molecule has 2 aliphatic heterocycles. The summed E-state index contributed by atoms with van der Waals surface area (Å²) in [4.78, 5) is 83.4. The number of hydrogen-bond donors (Lipinski definition) is 4. The van der Waals surface area contributed by atoms with E-state index in [0.29, 0.717) is 25.7 Å². The molecule has 334 valence electrons. The molecule has 0 aliphatic carbocycles. The Morgan fingerprint density at radius 1 is 0.391 bits per heavy atom. The third-order valence-electron chi connectivity index (χ3n) is 11.3. The SMILES string of the molecule is O=C(NCCc1ccc(F)cc1)[C@@H]1CN(C(=O)C#CC(=O)N2C[C@@H](C(=O)NCCc3ccc(F)cc3)[C@H](C(=O)NCCc3ccc(F)cc3)C2)C[C@H]1C(=O)NCCc1ccc(F)cc1. The van der Waals surface area contributed by atoms with Gasteiger partial charge in [0.15, 0.2) is 0 Å². The van der Waals surface area contributed by atoms with Crippen molar-refractivity contribution in [2.24, 2.45) is 23.7 Å². The molecule has 4 N–H and O–H groups in total. The molecule has 0 saturated carbocycles. The van der Waals surface area contributed by atoms with Gasteiger partial charge in [-0.05, 0) is 96.5 Å². The quantitative estimate of drug-likeness (QED) is 0.100. The number of nitrogens with one attached hydrogen (secondary N) is 4. The zero-order chi connectivity index (χ0) is 45.6. The van der Waals surface area contributed by atoms with Crippen molar-refractivity contribution in [1.29, 1.82) is 0 Å². The molecule has 2 heterocycles. The first kappa shape index (κ1) is 46.5. The van der Waals surface area contributed by atoms with Crippen molar-refractivity contribution in [3.63, 3.8) is 0 Å². The van der Waals surface area contributed by atoms with E-state index in [0.717, 1.165) is 22.3 Å². The van der Waals surface area contributed by atoms with E-state index in [1.54, 1.807) is 48.5 Å². The van der Waals surface area contributed by atoms with Gasteiger partial charge in [0.05, 0.1) is 23.7 Å². The smallest absolute Gasteiger partial charge is 0.299 e. The number of likely N-dealkylation sites (tertiary alicyclic amines) is 2. The zero-order valence-electron chi connectivity index (χ0n) is 34.9. The van der Waals surface area contributed by atoms with Gasteiger partial charge >= 0.3 is 0 Å². The standard InChI is InChI=1S/C48H48F4N6O6/c49-35-9-1-31(2-10-35)19-23-53-45(61)39-27-57(28-40(39)46(62)54-24-20-32-3-11-36(50)12-4-32)43(59)17-18-44(60)58-29-41(47(63)55-25-21-33-5-13-37(51)14-6-33)42(30-58)48(64)56-26-22-34-7-15-38(52)16-8-34/h1-16,39-42H,19-30H2,(H,53,61)(H,54,62)(H,55,63)(H,56,64)/t39-,40-,41-,42-/m1/s1. The number of carbonyl (C=O) groups is 6. The van der Waals surface area contributed by atoms with E-state index < -0.39 is 82.4 Å². The molecule has 0 unspecified atom stereocenters. The summed E-state index contributed by atoms with van der Waals surface area (Å²) < 4.78 is 53.5. The van der Waals surface area contributed by atoms with Crippen molar-refractivity contribution in [3.05, 3.63) is 143 Å². The van der Waals surface area contributed by atoms with Crippen molar-refractivity contribution >= 4 is 35.4 Å². The van der Waals surface area contributed by atoms with Crippen LogP contribution in [0.2, 0.25) is 0 Å². The van der Waals surface area contributed by atoms with Crippen LogP contribution in [0.5, 0.6) is 0 Å². The number of amides is 6. The Labute approximate surface area is 368 Å². The van der Waals surface area contributed by atoms with Crippen molar-refractivity contribution < 1.29 is 46.3 Å². The molecule has 4 aromatic rings. The molecule has 4 atom stereocenters. The first-order valence-corrected chi connectivity index (χ1v) is 21.0. The van der Waals surface area contributed by atoms with E-state index in [2.05, 4.69) is 33.1 Å². The Balaban J connectivity index is 1.09. The first-order valence-electron chi connectivity index (χ1n) is 21.0. The van der Waals surface area contributed by atoms with Gasteiger partial charge in [-0.15, -0.1) is 0 Å². The second-order valence-corrected chi connectivity index (χ2v) is 15.8. The van der Waals surface area contributed by atoms with Crippen LogP contribution >= 0.6 is 0 Å². The minimum atomic E-state index is -0.969. The zero-order valence-corrected chi connectivity index (χ0v) is 34.9. The van der Waals surface area contributed by atoms with Crippen LogP contribution in [0.25, 0.3) is 0 Å². The summed E-state index contributed by atoms with van der Waals surface area (Å²) in [5, 5.41) is 11.2. The van der Waals surface area contributed by atoms with Crippen molar-refractivity contribution in [2.45, 2.75) is 25.7 Å². The molecule has 0 radical (unpaired) electrons. The number of rotatable bonds is 16. The summed E-state index contributed by atoms with van der Waals surface area (Å²) in [5.41, 5.74) is 3.11. The van der Waals surface area contributed by atoms with Gasteiger partial charge in [0.1, 0.15) is 23.3 Å². The Bertz CT molecular complexity index is 2050. The van der Waals surface area contributed by atoms with E-state index in [4.69, 9.17) is 0 Å². The van der Waals surface area contributed by atoms with Gasteiger partial charge in [0.2, 0.25) is 23.6 Å². The fourth-order valence-corrected chi connectivity index (χ4v) is 7.72. The highest BCUT2D eigenvalue weighted by atomic mass is 19.1. The summed E-state index contributed by atoms with van der Waals surface area (Å²) in [5.74, 6) is -4.38. The average Bonchev–Trinajstić information content (AvgIpc) is 3.95. The topological polar surface area (TPSA) is 157 Å². The van der Waals surface area contributed by atoms with Crippen LogP contribution in [0, 0.1) is 58.8 Å². The number of hydrogen-bond acceptors (Lipinski definition) is 6. The Hall–Kier alpha value is -7.02. The number of benzene rings is 4. The van der Waals surface area contributed by atoms with Gasteiger partial charge in [-0.2, -0.15) is 0 Å². The predicted molar refractivity (Wildman–Crippen MR) is 227 cm³/mol. The molecule has 6 rings (SSSR count). The maximum Gasteiger partial charge on any atom is 0.299 e. The molecule has 0 bridgehead atoms. The maximum atomic E-state index is 13.5. The molecule has 2 aliphatic rings. The van der Waals surface area contributed by atoms with E-state index in [1.165, 1.54) is 58.3 Å². The van der Waals surface area contributed by atoms with E-state index in [-0.39, 0.29) is 52.4 Å². The monoisotopic (exact) mass is 880 g/mol. The fraction of sp³-hybridized carbons (Fsp3) is 0.333. The second-order valence-electron chi connectivity index (χ2n) is 15.8. The van der Waals surface area contributed by atoms with Gasteiger partial charge in [-0.3, -0.25) is 28.8 Å². The van der Waals surface area contributed by atoms with Gasteiger partial charge in [0.25, 0.3) is 11.8 Å². The molecule has 16 heteroatoms. The third-order valence-corrected chi connectivity index (χ3v) is 11.3. The maximum absolute atomic E-state index is 13.5. The lowest BCUT2D eigenvalue weighted by Crippen LogP contribution is -2.42. The number of nitrogens with zero attached hydrogens (tertiary/aromatic N) is 2. The molecule has 0 aromatic heterocycles. The van der Waals surface area contributed by atoms with Crippen molar-refractivity contribution in [3.8, 4) is 11.8 Å². The van der Waals surface area contributed by atoms with Crippen molar-refractivity contribution in [1.82, 2.24) is 31.1 Å². The Morgan fingerprint density at radius 3 is 0.797 bits per heavy atom. The van der Waals surface area contributed by atoms with Gasteiger partial charge in [-0.1, -0.05) is 48.5 Å². The lowest BCUT2D eigenvalue weighted by atomic mass is 9.94. The highest BCUT2D eigenvalue weighted by molar-refractivity contribution is 6.04.